The van der Waals surface area contributed by atoms with E-state index < -0.39 is 6.17 Å². The summed E-state index contributed by atoms with van der Waals surface area (Å²) in [5.41, 5.74) is 5.77. The molecule has 0 aliphatic carbocycles. The maximum absolute atomic E-state index is 13.4. The van der Waals surface area contributed by atoms with Gasteiger partial charge in [-0.1, -0.05) is 18.2 Å². The van der Waals surface area contributed by atoms with Crippen LogP contribution in [-0.2, 0) is 4.74 Å². The van der Waals surface area contributed by atoms with Crippen LogP contribution in [0.1, 0.15) is 11.7 Å². The van der Waals surface area contributed by atoms with Crippen molar-refractivity contribution in [2.75, 3.05) is 26.9 Å². The van der Waals surface area contributed by atoms with Crippen molar-refractivity contribution in [3.8, 4) is 5.75 Å². The summed E-state index contributed by atoms with van der Waals surface area (Å²) >= 11 is 0. The zero-order chi connectivity index (χ0) is 11.1. The first kappa shape index (κ1) is 11.9. The van der Waals surface area contributed by atoms with E-state index in [1.165, 1.54) is 0 Å². The highest BCUT2D eigenvalue weighted by atomic mass is 19.1. The van der Waals surface area contributed by atoms with Gasteiger partial charge in [0, 0.05) is 19.2 Å². The molecule has 15 heavy (non-hydrogen) atoms. The molecule has 0 heterocycles. The van der Waals surface area contributed by atoms with Gasteiger partial charge in [-0.25, -0.2) is 4.39 Å². The van der Waals surface area contributed by atoms with Gasteiger partial charge in [0.05, 0.1) is 6.61 Å². The highest BCUT2D eigenvalue weighted by Gasteiger charge is 2.12. The van der Waals surface area contributed by atoms with E-state index >= 15 is 0 Å². The second-order valence-corrected chi connectivity index (χ2v) is 3.08. The molecule has 4 heteroatoms. The summed E-state index contributed by atoms with van der Waals surface area (Å²) in [6.45, 7) is 0.851. The molecule has 0 radical (unpaired) electrons. The van der Waals surface area contributed by atoms with E-state index in [0.717, 1.165) is 0 Å². The summed E-state index contributed by atoms with van der Waals surface area (Å²) in [5.74, 6) is 0.535. The molecule has 1 atom stereocenters. The zero-order valence-electron chi connectivity index (χ0n) is 8.78. The van der Waals surface area contributed by atoms with Gasteiger partial charge in [0.1, 0.15) is 18.5 Å². The normalized spacial score (nSPS) is 12.5. The molecule has 1 aromatic rings. The van der Waals surface area contributed by atoms with E-state index in [1.54, 1.807) is 31.4 Å². The van der Waals surface area contributed by atoms with Crippen LogP contribution in [0.25, 0.3) is 0 Å². The molecular weight excluding hydrogens is 197 g/mol. The number of nitrogens with two attached hydrogens (primary N) is 1. The fraction of sp³-hybridized carbons (Fsp3) is 0.455. The predicted molar refractivity (Wildman–Crippen MR) is 56.7 cm³/mol. The molecule has 0 saturated heterocycles. The van der Waals surface area contributed by atoms with E-state index in [-0.39, 0.29) is 6.54 Å². The van der Waals surface area contributed by atoms with E-state index in [1.807, 2.05) is 0 Å². The summed E-state index contributed by atoms with van der Waals surface area (Å²) in [6.07, 6.45) is -1.18. The van der Waals surface area contributed by atoms with Crippen molar-refractivity contribution in [2.45, 2.75) is 6.17 Å². The maximum Gasteiger partial charge on any atom is 0.141 e. The van der Waals surface area contributed by atoms with E-state index in [4.69, 9.17) is 15.2 Å². The van der Waals surface area contributed by atoms with Crippen LogP contribution in [0.5, 0.6) is 5.75 Å². The van der Waals surface area contributed by atoms with Crippen LogP contribution in [0.3, 0.4) is 0 Å². The van der Waals surface area contributed by atoms with Crippen LogP contribution in [0, 0.1) is 0 Å². The largest absolute Gasteiger partial charge is 0.491 e. The summed E-state index contributed by atoms with van der Waals surface area (Å²) < 4.78 is 23.6. The Kier molecular flexibility index (Phi) is 5.07. The third-order valence-corrected chi connectivity index (χ3v) is 2.01. The Morgan fingerprint density at radius 2 is 2.07 bits per heavy atom. The first-order valence-electron chi connectivity index (χ1n) is 4.84. The minimum absolute atomic E-state index is 0.0371. The number of methoxy groups -OCH3 is 1. The van der Waals surface area contributed by atoms with Crippen molar-refractivity contribution in [3.63, 3.8) is 0 Å². The van der Waals surface area contributed by atoms with Crippen LogP contribution in [0.15, 0.2) is 24.3 Å². The molecule has 0 saturated carbocycles. The Morgan fingerprint density at radius 1 is 1.33 bits per heavy atom. The third kappa shape index (κ3) is 3.49. The first-order chi connectivity index (χ1) is 7.29. The van der Waals surface area contributed by atoms with E-state index in [0.29, 0.717) is 24.5 Å². The van der Waals surface area contributed by atoms with Gasteiger partial charge in [0.2, 0.25) is 0 Å². The summed E-state index contributed by atoms with van der Waals surface area (Å²) in [4.78, 5) is 0. The number of para-hydroxylation sites is 1. The second-order valence-electron chi connectivity index (χ2n) is 3.08. The Bertz CT molecular complexity index is 294. The average Bonchev–Trinajstić information content (AvgIpc) is 2.29. The Hall–Kier alpha value is -1.13. The number of rotatable bonds is 6. The smallest absolute Gasteiger partial charge is 0.141 e. The second kappa shape index (κ2) is 6.37. The van der Waals surface area contributed by atoms with E-state index in [9.17, 15) is 4.39 Å². The SMILES string of the molecule is COCCOc1ccccc1C(F)CN. The van der Waals surface area contributed by atoms with Crippen molar-refractivity contribution >= 4 is 0 Å². The van der Waals surface area contributed by atoms with Crippen molar-refractivity contribution in [2.24, 2.45) is 5.73 Å². The predicted octanol–water partition coefficient (Wildman–Crippen LogP) is 1.68. The lowest BCUT2D eigenvalue weighted by atomic mass is 10.1. The molecule has 0 fully saturated rings. The molecule has 0 bridgehead atoms. The quantitative estimate of drug-likeness (QED) is 0.731. The molecule has 84 valence electrons. The number of hydrogen-bond donors (Lipinski definition) is 1. The van der Waals surface area contributed by atoms with Gasteiger partial charge in [-0.3, -0.25) is 0 Å². The highest BCUT2D eigenvalue weighted by Crippen LogP contribution is 2.26. The molecule has 0 aliphatic rings. The van der Waals surface area contributed by atoms with Gasteiger partial charge in [-0.05, 0) is 6.07 Å². The van der Waals surface area contributed by atoms with Crippen molar-refractivity contribution in [1.82, 2.24) is 0 Å². The fourth-order valence-corrected chi connectivity index (χ4v) is 1.23. The summed E-state index contributed by atoms with van der Waals surface area (Å²) in [5, 5.41) is 0. The topological polar surface area (TPSA) is 44.5 Å². The molecule has 0 spiro atoms. The minimum Gasteiger partial charge on any atom is -0.491 e. The minimum atomic E-state index is -1.18. The molecule has 0 aromatic heterocycles. The summed E-state index contributed by atoms with van der Waals surface area (Å²) in [7, 11) is 1.59. The molecule has 3 nitrogen and oxygen atoms in total. The Morgan fingerprint density at radius 3 is 2.73 bits per heavy atom. The number of halogens is 1. The Balaban J connectivity index is 2.68. The zero-order valence-corrected chi connectivity index (χ0v) is 8.78. The molecule has 0 amide bonds. The van der Waals surface area contributed by atoms with Crippen molar-refractivity contribution in [1.29, 1.82) is 0 Å². The first-order valence-corrected chi connectivity index (χ1v) is 4.84. The summed E-state index contributed by atoms with van der Waals surface area (Å²) in [6, 6.07) is 6.97. The average molecular weight is 213 g/mol. The maximum atomic E-state index is 13.4. The highest BCUT2D eigenvalue weighted by molar-refractivity contribution is 5.35. The van der Waals surface area contributed by atoms with Gasteiger partial charge in [0.15, 0.2) is 0 Å². The molecule has 1 unspecified atom stereocenters. The molecule has 2 N–H and O–H groups in total. The molecule has 1 aromatic carbocycles. The number of ether oxygens (including phenoxy) is 2. The van der Waals surface area contributed by atoms with Gasteiger partial charge >= 0.3 is 0 Å². The van der Waals surface area contributed by atoms with Crippen LogP contribution in [-0.4, -0.2) is 26.9 Å². The molecular formula is C11H16FNO2. The van der Waals surface area contributed by atoms with Crippen molar-refractivity contribution in [3.05, 3.63) is 29.8 Å². The van der Waals surface area contributed by atoms with Crippen LogP contribution in [0.4, 0.5) is 4.39 Å². The lowest BCUT2D eigenvalue weighted by Crippen LogP contribution is -2.11. The lowest BCUT2D eigenvalue weighted by Gasteiger charge is -2.12. The van der Waals surface area contributed by atoms with Crippen LogP contribution >= 0.6 is 0 Å². The van der Waals surface area contributed by atoms with Gasteiger partial charge < -0.3 is 15.2 Å². The monoisotopic (exact) mass is 213 g/mol. The third-order valence-electron chi connectivity index (χ3n) is 2.01. The fourth-order valence-electron chi connectivity index (χ4n) is 1.23. The molecule has 1 rings (SSSR count). The van der Waals surface area contributed by atoms with Crippen molar-refractivity contribution < 1.29 is 13.9 Å². The van der Waals surface area contributed by atoms with Gasteiger partial charge in [-0.15, -0.1) is 0 Å². The van der Waals surface area contributed by atoms with Gasteiger partial charge in [-0.2, -0.15) is 0 Å². The number of alkyl halides is 1. The van der Waals surface area contributed by atoms with Crippen LogP contribution < -0.4 is 10.5 Å². The Labute approximate surface area is 89.0 Å². The van der Waals surface area contributed by atoms with Gasteiger partial charge in [0.25, 0.3) is 0 Å². The van der Waals surface area contributed by atoms with E-state index in [2.05, 4.69) is 0 Å². The molecule has 0 aliphatic heterocycles. The standard InChI is InChI=1S/C11H16FNO2/c1-14-6-7-15-11-5-3-2-4-9(11)10(12)8-13/h2-5,10H,6-8,13H2,1H3. The lowest BCUT2D eigenvalue weighted by molar-refractivity contribution is 0.144. The number of benzene rings is 1. The number of hydrogen-bond acceptors (Lipinski definition) is 3. The van der Waals surface area contributed by atoms with Crippen LogP contribution in [0.2, 0.25) is 0 Å².